The van der Waals surface area contributed by atoms with Crippen molar-refractivity contribution in [1.29, 1.82) is 0 Å². The number of hydrogen-bond acceptors (Lipinski definition) is 2. The van der Waals surface area contributed by atoms with E-state index in [4.69, 9.17) is 4.74 Å². The lowest BCUT2D eigenvalue weighted by atomic mass is 10.1. The lowest BCUT2D eigenvalue weighted by Crippen LogP contribution is -2.27. The maximum Gasteiger partial charge on any atom is 0.389 e. The third kappa shape index (κ3) is 10.0. The summed E-state index contributed by atoms with van der Waals surface area (Å²) in [6.45, 7) is 3.16. The van der Waals surface area contributed by atoms with E-state index in [-0.39, 0.29) is 12.5 Å². The molecule has 0 radical (unpaired) electrons. The van der Waals surface area contributed by atoms with E-state index in [1.807, 2.05) is 6.92 Å². The second-order valence-electron chi connectivity index (χ2n) is 3.48. The largest absolute Gasteiger partial charge is 0.389 e. The van der Waals surface area contributed by atoms with Crippen LogP contribution < -0.4 is 5.32 Å². The van der Waals surface area contributed by atoms with Crippen LogP contribution in [0.4, 0.5) is 13.2 Å². The standard InChI is InChI=1S/C10H20F3NO/c1-3-15-8-6-9(14-2)5-4-7-10(11,12)13/h9,14H,3-8H2,1-2H3. The summed E-state index contributed by atoms with van der Waals surface area (Å²) in [5.41, 5.74) is 0. The molecular weight excluding hydrogens is 207 g/mol. The molecule has 0 aliphatic rings. The van der Waals surface area contributed by atoms with E-state index >= 15 is 0 Å². The minimum Gasteiger partial charge on any atom is -0.382 e. The first-order chi connectivity index (χ1) is 6.99. The summed E-state index contributed by atoms with van der Waals surface area (Å²) in [4.78, 5) is 0. The normalized spacial score (nSPS) is 14.2. The molecule has 2 nitrogen and oxygen atoms in total. The summed E-state index contributed by atoms with van der Waals surface area (Å²) < 4.78 is 40.8. The molecule has 1 N–H and O–H groups in total. The maximum absolute atomic E-state index is 11.9. The fourth-order valence-corrected chi connectivity index (χ4v) is 1.35. The first-order valence-corrected chi connectivity index (χ1v) is 5.31. The Bertz CT molecular complexity index is 150. The van der Waals surface area contributed by atoms with Gasteiger partial charge in [0, 0.05) is 25.7 Å². The van der Waals surface area contributed by atoms with E-state index < -0.39 is 12.6 Å². The zero-order valence-electron chi connectivity index (χ0n) is 9.36. The van der Waals surface area contributed by atoms with E-state index in [9.17, 15) is 13.2 Å². The quantitative estimate of drug-likeness (QED) is 0.644. The van der Waals surface area contributed by atoms with Crippen molar-refractivity contribution in [3.8, 4) is 0 Å². The molecule has 5 heteroatoms. The van der Waals surface area contributed by atoms with Crippen LogP contribution in [0.25, 0.3) is 0 Å². The van der Waals surface area contributed by atoms with Gasteiger partial charge in [0.25, 0.3) is 0 Å². The number of alkyl halides is 3. The zero-order chi connectivity index (χ0) is 11.7. The SMILES string of the molecule is CCOCCC(CCCC(F)(F)F)NC. The summed E-state index contributed by atoms with van der Waals surface area (Å²) in [6.07, 6.45) is -3.23. The van der Waals surface area contributed by atoms with Gasteiger partial charge in [0.15, 0.2) is 0 Å². The molecule has 0 rings (SSSR count). The topological polar surface area (TPSA) is 21.3 Å². The molecule has 0 aliphatic carbocycles. The van der Waals surface area contributed by atoms with Gasteiger partial charge in [0.2, 0.25) is 0 Å². The number of nitrogens with one attached hydrogen (secondary N) is 1. The van der Waals surface area contributed by atoms with Crippen LogP contribution in [0.3, 0.4) is 0 Å². The monoisotopic (exact) mass is 227 g/mol. The summed E-state index contributed by atoms with van der Waals surface area (Å²) >= 11 is 0. The Morgan fingerprint density at radius 3 is 2.40 bits per heavy atom. The Hall–Kier alpha value is -0.290. The molecule has 0 bridgehead atoms. The molecule has 1 unspecified atom stereocenters. The number of ether oxygens (including phenoxy) is 1. The molecule has 0 aromatic carbocycles. The van der Waals surface area contributed by atoms with Crippen molar-refractivity contribution in [3.05, 3.63) is 0 Å². The average molecular weight is 227 g/mol. The van der Waals surface area contributed by atoms with Gasteiger partial charge in [-0.25, -0.2) is 0 Å². The summed E-state index contributed by atoms with van der Waals surface area (Å²) in [5, 5.41) is 3.00. The highest BCUT2D eigenvalue weighted by Crippen LogP contribution is 2.22. The Balaban J connectivity index is 3.52. The van der Waals surface area contributed by atoms with Gasteiger partial charge in [-0.3, -0.25) is 0 Å². The lowest BCUT2D eigenvalue weighted by molar-refractivity contribution is -0.135. The molecule has 92 valence electrons. The van der Waals surface area contributed by atoms with Crippen LogP contribution in [0.1, 0.15) is 32.6 Å². The van der Waals surface area contributed by atoms with Gasteiger partial charge in [0.05, 0.1) is 0 Å². The second-order valence-corrected chi connectivity index (χ2v) is 3.48. The van der Waals surface area contributed by atoms with Crippen molar-refractivity contribution in [2.75, 3.05) is 20.3 Å². The van der Waals surface area contributed by atoms with Crippen LogP contribution in [-0.4, -0.2) is 32.5 Å². The molecule has 0 aromatic rings. The minimum atomic E-state index is -4.03. The van der Waals surface area contributed by atoms with Crippen LogP contribution in [-0.2, 0) is 4.74 Å². The van der Waals surface area contributed by atoms with Crippen molar-refractivity contribution in [2.45, 2.75) is 44.8 Å². The van der Waals surface area contributed by atoms with Crippen molar-refractivity contribution < 1.29 is 17.9 Å². The van der Waals surface area contributed by atoms with E-state index in [1.165, 1.54) is 0 Å². The molecular formula is C10H20F3NO. The van der Waals surface area contributed by atoms with Gasteiger partial charge in [-0.05, 0) is 33.2 Å². The number of halogens is 3. The zero-order valence-corrected chi connectivity index (χ0v) is 9.36. The van der Waals surface area contributed by atoms with E-state index in [1.54, 1.807) is 7.05 Å². The predicted octanol–water partition coefficient (Wildman–Crippen LogP) is 2.73. The molecule has 1 atom stereocenters. The van der Waals surface area contributed by atoms with Gasteiger partial charge < -0.3 is 10.1 Å². The average Bonchev–Trinajstić information content (AvgIpc) is 2.14. The van der Waals surface area contributed by atoms with Gasteiger partial charge in [-0.1, -0.05) is 0 Å². The molecule has 0 aliphatic heterocycles. The second kappa shape index (κ2) is 7.93. The fraction of sp³-hybridized carbons (Fsp3) is 1.00. The molecule has 15 heavy (non-hydrogen) atoms. The number of hydrogen-bond donors (Lipinski definition) is 1. The molecule has 0 spiro atoms. The maximum atomic E-state index is 11.9. The first kappa shape index (κ1) is 14.7. The van der Waals surface area contributed by atoms with Crippen LogP contribution in [0.5, 0.6) is 0 Å². The molecule has 0 heterocycles. The highest BCUT2D eigenvalue weighted by atomic mass is 19.4. The predicted molar refractivity (Wildman–Crippen MR) is 53.9 cm³/mol. The highest BCUT2D eigenvalue weighted by molar-refractivity contribution is 4.65. The van der Waals surface area contributed by atoms with Crippen molar-refractivity contribution >= 4 is 0 Å². The van der Waals surface area contributed by atoms with Crippen LogP contribution in [0.2, 0.25) is 0 Å². The Kier molecular flexibility index (Phi) is 7.78. The Morgan fingerprint density at radius 1 is 1.27 bits per heavy atom. The van der Waals surface area contributed by atoms with Gasteiger partial charge in [-0.2, -0.15) is 13.2 Å². The van der Waals surface area contributed by atoms with E-state index in [0.29, 0.717) is 19.6 Å². The number of rotatable bonds is 8. The highest BCUT2D eigenvalue weighted by Gasteiger charge is 2.26. The molecule has 0 aromatic heterocycles. The molecule has 0 amide bonds. The van der Waals surface area contributed by atoms with Crippen LogP contribution in [0, 0.1) is 0 Å². The van der Waals surface area contributed by atoms with E-state index in [0.717, 1.165) is 6.42 Å². The van der Waals surface area contributed by atoms with Crippen molar-refractivity contribution in [2.24, 2.45) is 0 Å². The van der Waals surface area contributed by atoms with Gasteiger partial charge >= 0.3 is 6.18 Å². The smallest absolute Gasteiger partial charge is 0.382 e. The minimum absolute atomic E-state index is 0.124. The third-order valence-corrected chi connectivity index (χ3v) is 2.24. The molecule has 0 fully saturated rings. The Labute approximate surface area is 89.2 Å². The van der Waals surface area contributed by atoms with E-state index in [2.05, 4.69) is 5.32 Å². The summed E-state index contributed by atoms with van der Waals surface area (Å²) in [5.74, 6) is 0. The lowest BCUT2D eigenvalue weighted by Gasteiger charge is -2.16. The van der Waals surface area contributed by atoms with Gasteiger partial charge in [0.1, 0.15) is 0 Å². The third-order valence-electron chi connectivity index (χ3n) is 2.24. The summed E-state index contributed by atoms with van der Waals surface area (Å²) in [7, 11) is 1.77. The summed E-state index contributed by atoms with van der Waals surface area (Å²) in [6, 6.07) is 0.124. The Morgan fingerprint density at radius 2 is 1.93 bits per heavy atom. The fourth-order valence-electron chi connectivity index (χ4n) is 1.35. The van der Waals surface area contributed by atoms with Crippen LogP contribution in [0.15, 0.2) is 0 Å². The van der Waals surface area contributed by atoms with Gasteiger partial charge in [-0.15, -0.1) is 0 Å². The van der Waals surface area contributed by atoms with Crippen LogP contribution >= 0.6 is 0 Å². The van der Waals surface area contributed by atoms with Crippen molar-refractivity contribution in [1.82, 2.24) is 5.32 Å². The molecule has 0 saturated heterocycles. The first-order valence-electron chi connectivity index (χ1n) is 5.31. The van der Waals surface area contributed by atoms with Crippen molar-refractivity contribution in [3.63, 3.8) is 0 Å². The molecule has 0 saturated carbocycles.